The van der Waals surface area contributed by atoms with Gasteiger partial charge >= 0.3 is 0 Å². The lowest BCUT2D eigenvalue weighted by atomic mass is 9.97. The maximum atomic E-state index is 12.3. The minimum atomic E-state index is -3.21. The molecule has 0 amide bonds. The van der Waals surface area contributed by atoms with Crippen LogP contribution in [0.2, 0.25) is 5.02 Å². The number of nitrogens with one attached hydrogen (secondary N) is 1. The summed E-state index contributed by atoms with van der Waals surface area (Å²) in [5, 5.41) is 3.77. The second-order valence-corrected chi connectivity index (χ2v) is 8.16. The Bertz CT molecular complexity index is 537. The van der Waals surface area contributed by atoms with Crippen molar-refractivity contribution in [1.29, 1.82) is 0 Å². The number of piperidine rings is 1. The van der Waals surface area contributed by atoms with Crippen LogP contribution in [0.15, 0.2) is 29.2 Å². The number of hydrogen-bond acceptors (Lipinski definition) is 4. The highest BCUT2D eigenvalue weighted by molar-refractivity contribution is 7.91. The third-order valence-corrected chi connectivity index (χ3v) is 6.01. The van der Waals surface area contributed by atoms with E-state index in [1.165, 1.54) is 0 Å². The molecule has 0 spiro atoms. The first-order valence-electron chi connectivity index (χ1n) is 7.36. The van der Waals surface area contributed by atoms with Crippen LogP contribution in [0.5, 0.6) is 0 Å². The van der Waals surface area contributed by atoms with Crippen molar-refractivity contribution in [3.05, 3.63) is 29.3 Å². The van der Waals surface area contributed by atoms with E-state index in [1.54, 1.807) is 24.3 Å². The lowest BCUT2D eigenvalue weighted by molar-refractivity contribution is 0.192. The van der Waals surface area contributed by atoms with E-state index >= 15 is 0 Å². The summed E-state index contributed by atoms with van der Waals surface area (Å²) in [6.45, 7) is 3.64. The Balaban J connectivity index is 1.84. The molecule has 2 rings (SSSR count). The third kappa shape index (κ3) is 4.95. The molecule has 1 aliphatic rings. The molecule has 1 fully saturated rings. The van der Waals surface area contributed by atoms with Crippen molar-refractivity contribution in [2.45, 2.75) is 17.7 Å². The average Bonchev–Trinajstić information content (AvgIpc) is 2.47. The van der Waals surface area contributed by atoms with Gasteiger partial charge < -0.3 is 10.2 Å². The first-order chi connectivity index (χ1) is 10.0. The first kappa shape index (κ1) is 16.7. The van der Waals surface area contributed by atoms with Crippen LogP contribution in [0.4, 0.5) is 0 Å². The number of benzene rings is 1. The van der Waals surface area contributed by atoms with Gasteiger partial charge in [0.25, 0.3) is 0 Å². The van der Waals surface area contributed by atoms with Gasteiger partial charge in [0.05, 0.1) is 10.6 Å². The van der Waals surface area contributed by atoms with Crippen molar-refractivity contribution in [3.8, 4) is 0 Å². The van der Waals surface area contributed by atoms with Crippen molar-refractivity contribution in [2.24, 2.45) is 5.92 Å². The van der Waals surface area contributed by atoms with Crippen LogP contribution in [-0.2, 0) is 9.84 Å². The topological polar surface area (TPSA) is 49.4 Å². The van der Waals surface area contributed by atoms with Gasteiger partial charge in [0.1, 0.15) is 0 Å². The maximum Gasteiger partial charge on any atom is 0.179 e. The van der Waals surface area contributed by atoms with Gasteiger partial charge in [-0.05, 0) is 69.7 Å². The Kier molecular flexibility index (Phi) is 6.05. The Hall–Kier alpha value is -0.620. The summed E-state index contributed by atoms with van der Waals surface area (Å²) in [7, 11) is -1.24. The largest absolute Gasteiger partial charge is 0.319 e. The van der Waals surface area contributed by atoms with Gasteiger partial charge in [-0.15, -0.1) is 0 Å². The summed E-state index contributed by atoms with van der Waals surface area (Å²) in [5.41, 5.74) is 0. The second-order valence-electron chi connectivity index (χ2n) is 5.62. The number of halogens is 1. The molecule has 1 saturated heterocycles. The van der Waals surface area contributed by atoms with Crippen LogP contribution in [0, 0.1) is 5.92 Å². The number of hydrogen-bond donors (Lipinski definition) is 1. The number of nitrogens with zero attached hydrogens (tertiary/aromatic N) is 1. The highest BCUT2D eigenvalue weighted by atomic mass is 35.5. The van der Waals surface area contributed by atoms with E-state index in [1.807, 2.05) is 7.05 Å². The van der Waals surface area contributed by atoms with Gasteiger partial charge in [-0.1, -0.05) is 11.6 Å². The van der Waals surface area contributed by atoms with E-state index in [-0.39, 0.29) is 5.75 Å². The van der Waals surface area contributed by atoms with Crippen LogP contribution < -0.4 is 5.32 Å². The number of sulfone groups is 1. The van der Waals surface area contributed by atoms with E-state index < -0.39 is 9.84 Å². The number of rotatable bonds is 6. The molecule has 1 N–H and O–H groups in total. The summed E-state index contributed by atoms with van der Waals surface area (Å²) in [6, 6.07) is 6.41. The lowest BCUT2D eigenvalue weighted by Crippen LogP contribution is -2.39. The zero-order chi connectivity index (χ0) is 15.3. The van der Waals surface area contributed by atoms with Gasteiger partial charge in [-0.25, -0.2) is 8.42 Å². The summed E-state index contributed by atoms with van der Waals surface area (Å²) >= 11 is 5.79. The molecular formula is C15H23ClN2O2S. The fourth-order valence-corrected chi connectivity index (χ4v) is 4.12. The van der Waals surface area contributed by atoms with Crippen LogP contribution in [-0.4, -0.2) is 52.3 Å². The molecular weight excluding hydrogens is 308 g/mol. The second kappa shape index (κ2) is 7.58. The minimum absolute atomic E-state index is 0.172. The van der Waals surface area contributed by atoms with Crippen LogP contribution in [0.25, 0.3) is 0 Å². The molecule has 0 atom stereocenters. The first-order valence-corrected chi connectivity index (χ1v) is 9.39. The molecule has 0 saturated carbocycles. The molecule has 21 heavy (non-hydrogen) atoms. The van der Waals surface area contributed by atoms with Gasteiger partial charge in [0.2, 0.25) is 0 Å². The molecule has 1 aromatic rings. The van der Waals surface area contributed by atoms with E-state index in [0.717, 1.165) is 38.4 Å². The Morgan fingerprint density at radius 3 is 2.43 bits per heavy atom. The van der Waals surface area contributed by atoms with Crippen LogP contribution in [0.3, 0.4) is 0 Å². The molecule has 0 bridgehead atoms. The van der Waals surface area contributed by atoms with Crippen molar-refractivity contribution in [2.75, 3.05) is 39.0 Å². The molecule has 0 aliphatic carbocycles. The smallest absolute Gasteiger partial charge is 0.179 e. The lowest BCUT2D eigenvalue weighted by Gasteiger charge is -2.31. The maximum absolute atomic E-state index is 12.3. The summed E-state index contributed by atoms with van der Waals surface area (Å²) in [4.78, 5) is 2.61. The normalized spacial score (nSPS) is 18.0. The SMILES string of the molecule is CNCC1CCN(CCS(=O)(=O)c2ccc(Cl)cc2)CC1. The minimum Gasteiger partial charge on any atom is -0.319 e. The summed E-state index contributed by atoms with van der Waals surface area (Å²) in [6.07, 6.45) is 2.28. The number of likely N-dealkylation sites (tertiary alicyclic amines) is 1. The fourth-order valence-electron chi connectivity index (χ4n) is 2.71. The third-order valence-electron chi connectivity index (χ3n) is 4.05. The van der Waals surface area contributed by atoms with Crippen LogP contribution in [0.1, 0.15) is 12.8 Å². The standard InChI is InChI=1S/C15H23ClN2O2S/c1-17-12-13-6-8-18(9-7-13)10-11-21(19,20)15-4-2-14(16)3-5-15/h2-5,13,17H,6-12H2,1H3. The van der Waals surface area contributed by atoms with E-state index in [4.69, 9.17) is 11.6 Å². The molecule has 4 nitrogen and oxygen atoms in total. The van der Waals surface area contributed by atoms with Gasteiger partial charge in [-0.3, -0.25) is 0 Å². The molecule has 0 radical (unpaired) electrons. The summed E-state index contributed by atoms with van der Waals surface area (Å²) in [5.74, 6) is 0.893. The predicted molar refractivity (Wildman–Crippen MR) is 86.6 cm³/mol. The molecule has 1 heterocycles. The highest BCUT2D eigenvalue weighted by Crippen LogP contribution is 2.18. The molecule has 1 aliphatic heterocycles. The molecule has 0 unspecified atom stereocenters. The van der Waals surface area contributed by atoms with Gasteiger partial charge in [0, 0.05) is 11.6 Å². The highest BCUT2D eigenvalue weighted by Gasteiger charge is 2.21. The Labute approximate surface area is 132 Å². The Morgan fingerprint density at radius 1 is 1.24 bits per heavy atom. The molecule has 1 aromatic carbocycles. The van der Waals surface area contributed by atoms with Crippen molar-refractivity contribution >= 4 is 21.4 Å². The zero-order valence-corrected chi connectivity index (χ0v) is 14.0. The molecule has 118 valence electrons. The van der Waals surface area contributed by atoms with Crippen molar-refractivity contribution in [3.63, 3.8) is 0 Å². The van der Waals surface area contributed by atoms with E-state index in [0.29, 0.717) is 16.5 Å². The van der Waals surface area contributed by atoms with E-state index in [2.05, 4.69) is 10.2 Å². The molecule has 6 heteroatoms. The van der Waals surface area contributed by atoms with E-state index in [9.17, 15) is 8.42 Å². The fraction of sp³-hybridized carbons (Fsp3) is 0.600. The summed E-state index contributed by atoms with van der Waals surface area (Å²) < 4.78 is 24.5. The molecule has 0 aromatic heterocycles. The monoisotopic (exact) mass is 330 g/mol. The zero-order valence-electron chi connectivity index (χ0n) is 12.4. The van der Waals surface area contributed by atoms with Crippen molar-refractivity contribution < 1.29 is 8.42 Å². The van der Waals surface area contributed by atoms with Crippen molar-refractivity contribution in [1.82, 2.24) is 10.2 Å². The van der Waals surface area contributed by atoms with Gasteiger partial charge in [-0.2, -0.15) is 0 Å². The Morgan fingerprint density at radius 2 is 1.86 bits per heavy atom. The predicted octanol–water partition coefficient (Wildman–Crippen LogP) is 2.05. The van der Waals surface area contributed by atoms with Gasteiger partial charge in [0.15, 0.2) is 9.84 Å². The van der Waals surface area contributed by atoms with Crippen LogP contribution >= 0.6 is 11.6 Å². The average molecular weight is 331 g/mol. The quantitative estimate of drug-likeness (QED) is 0.867.